The molecule has 0 saturated heterocycles. The maximum atomic E-state index is 11.0. The molecular formula is C15H19NO3. The molecule has 1 aliphatic heterocycles. The van der Waals surface area contributed by atoms with Gasteiger partial charge in [-0.25, -0.2) is 0 Å². The van der Waals surface area contributed by atoms with Crippen molar-refractivity contribution in [2.24, 2.45) is 0 Å². The fourth-order valence-electron chi connectivity index (χ4n) is 1.80. The van der Waals surface area contributed by atoms with Crippen molar-refractivity contribution in [1.29, 1.82) is 0 Å². The third kappa shape index (κ3) is 4.02. The molecule has 19 heavy (non-hydrogen) atoms. The zero-order chi connectivity index (χ0) is 13.5. The van der Waals surface area contributed by atoms with Crippen molar-refractivity contribution in [3.05, 3.63) is 29.8 Å². The first-order valence-corrected chi connectivity index (χ1v) is 6.62. The predicted molar refractivity (Wildman–Crippen MR) is 74.4 cm³/mol. The molecular weight excluding hydrogens is 242 g/mol. The maximum absolute atomic E-state index is 11.0. The molecule has 1 amide bonds. The smallest absolute Gasteiger partial charge is 0.219 e. The van der Waals surface area contributed by atoms with Crippen LogP contribution in [0, 0.1) is 0 Å². The second kappa shape index (κ2) is 6.83. The van der Waals surface area contributed by atoms with Gasteiger partial charge in [-0.3, -0.25) is 4.79 Å². The van der Waals surface area contributed by atoms with E-state index in [2.05, 4.69) is 5.32 Å². The number of benzene rings is 1. The molecule has 0 radical (unpaired) electrons. The molecule has 1 heterocycles. The fraction of sp³-hybridized carbons (Fsp3) is 0.400. The minimum absolute atomic E-state index is 0.0905. The highest BCUT2D eigenvalue weighted by Gasteiger charge is 2.10. The highest BCUT2D eigenvalue weighted by atomic mass is 16.6. The first kappa shape index (κ1) is 13.5. The van der Waals surface area contributed by atoms with E-state index in [-0.39, 0.29) is 5.91 Å². The van der Waals surface area contributed by atoms with Gasteiger partial charge in [0, 0.05) is 13.0 Å². The normalized spacial score (nSPS) is 13.5. The van der Waals surface area contributed by atoms with Crippen LogP contribution in [0.2, 0.25) is 0 Å². The molecule has 0 fully saturated rings. The van der Waals surface area contributed by atoms with Gasteiger partial charge in [0.15, 0.2) is 11.5 Å². The lowest BCUT2D eigenvalue weighted by atomic mass is 10.1. The van der Waals surface area contributed by atoms with Crippen molar-refractivity contribution < 1.29 is 14.3 Å². The number of nitrogens with one attached hydrogen (secondary N) is 1. The van der Waals surface area contributed by atoms with Crippen LogP contribution in [0.1, 0.15) is 25.3 Å². The monoisotopic (exact) mass is 261 g/mol. The summed E-state index contributed by atoms with van der Waals surface area (Å²) in [4.78, 5) is 11.0. The number of carbonyl (C=O) groups is 1. The van der Waals surface area contributed by atoms with Crippen molar-refractivity contribution in [2.45, 2.75) is 19.8 Å². The zero-order valence-corrected chi connectivity index (χ0v) is 11.1. The molecule has 0 bridgehead atoms. The third-order valence-corrected chi connectivity index (χ3v) is 2.83. The second-order valence-corrected chi connectivity index (χ2v) is 4.30. The highest BCUT2D eigenvalue weighted by molar-refractivity contribution is 5.75. The molecule has 0 atom stereocenters. The molecule has 2 rings (SSSR count). The number of hydrogen-bond donors (Lipinski definition) is 1. The summed E-state index contributed by atoms with van der Waals surface area (Å²) in [6, 6.07) is 5.89. The number of rotatable bonds is 5. The van der Waals surface area contributed by atoms with E-state index in [1.165, 1.54) is 0 Å². The van der Waals surface area contributed by atoms with Gasteiger partial charge in [-0.2, -0.15) is 0 Å². The van der Waals surface area contributed by atoms with Gasteiger partial charge in [-0.15, -0.1) is 0 Å². The first-order chi connectivity index (χ1) is 9.29. The number of carbonyl (C=O) groups excluding carboxylic acids is 1. The van der Waals surface area contributed by atoms with Crippen molar-refractivity contribution >= 4 is 12.0 Å². The van der Waals surface area contributed by atoms with Gasteiger partial charge in [0.2, 0.25) is 5.91 Å². The number of ether oxygens (including phenoxy) is 2. The highest BCUT2D eigenvalue weighted by Crippen LogP contribution is 2.31. The average Bonchev–Trinajstić information content (AvgIpc) is 2.46. The van der Waals surface area contributed by atoms with Gasteiger partial charge in [-0.1, -0.05) is 25.1 Å². The zero-order valence-electron chi connectivity index (χ0n) is 11.1. The molecule has 1 aliphatic rings. The van der Waals surface area contributed by atoms with E-state index in [4.69, 9.17) is 9.47 Å². The average molecular weight is 261 g/mol. The van der Waals surface area contributed by atoms with E-state index in [0.717, 1.165) is 23.5 Å². The lowest BCUT2D eigenvalue weighted by Gasteiger charge is -2.18. The van der Waals surface area contributed by atoms with Crippen LogP contribution >= 0.6 is 0 Å². The summed E-state index contributed by atoms with van der Waals surface area (Å²) in [6.45, 7) is 3.73. The summed E-state index contributed by atoms with van der Waals surface area (Å²) < 4.78 is 11.0. The van der Waals surface area contributed by atoms with Crippen LogP contribution in [0.15, 0.2) is 24.3 Å². The maximum Gasteiger partial charge on any atom is 0.219 e. The van der Waals surface area contributed by atoms with E-state index in [1.807, 2.05) is 37.3 Å². The standard InChI is InChI=1S/C15H19NO3/c1-2-15(17)16-8-4-3-5-12-6-7-13-14(11-12)19-10-9-18-13/h3,5-7,11H,2,4,8-10H2,1H3,(H,16,17)/b5-3+. The van der Waals surface area contributed by atoms with Crippen LogP contribution in [0.25, 0.3) is 6.08 Å². The molecule has 0 spiro atoms. The molecule has 0 aliphatic carbocycles. The molecule has 1 aromatic rings. The Morgan fingerprint density at radius 3 is 2.89 bits per heavy atom. The van der Waals surface area contributed by atoms with Crippen molar-refractivity contribution in [1.82, 2.24) is 5.32 Å². The summed E-state index contributed by atoms with van der Waals surface area (Å²) >= 11 is 0. The van der Waals surface area contributed by atoms with Crippen LogP contribution in [0.4, 0.5) is 0 Å². The number of hydrogen-bond acceptors (Lipinski definition) is 3. The second-order valence-electron chi connectivity index (χ2n) is 4.30. The van der Waals surface area contributed by atoms with Crippen molar-refractivity contribution in [3.63, 3.8) is 0 Å². The SMILES string of the molecule is CCC(=O)NCC/C=C/c1ccc2c(c1)OCCO2. The van der Waals surface area contributed by atoms with Crippen LogP contribution in [0.5, 0.6) is 11.5 Å². The Kier molecular flexibility index (Phi) is 4.84. The van der Waals surface area contributed by atoms with Gasteiger partial charge < -0.3 is 14.8 Å². The summed E-state index contributed by atoms with van der Waals surface area (Å²) in [7, 11) is 0. The summed E-state index contributed by atoms with van der Waals surface area (Å²) in [5, 5.41) is 2.83. The van der Waals surface area contributed by atoms with E-state index >= 15 is 0 Å². The minimum atomic E-state index is 0.0905. The Balaban J connectivity index is 1.83. The molecule has 1 N–H and O–H groups in total. The van der Waals surface area contributed by atoms with Crippen LogP contribution in [-0.4, -0.2) is 25.7 Å². The molecule has 0 aromatic heterocycles. The largest absolute Gasteiger partial charge is 0.486 e. The fourth-order valence-corrected chi connectivity index (χ4v) is 1.80. The van der Waals surface area contributed by atoms with Gasteiger partial charge in [0.25, 0.3) is 0 Å². The van der Waals surface area contributed by atoms with Crippen LogP contribution in [0.3, 0.4) is 0 Å². The van der Waals surface area contributed by atoms with Crippen molar-refractivity contribution in [2.75, 3.05) is 19.8 Å². The quantitative estimate of drug-likeness (QED) is 0.828. The third-order valence-electron chi connectivity index (χ3n) is 2.83. The predicted octanol–water partition coefficient (Wildman–Crippen LogP) is 2.39. The summed E-state index contributed by atoms with van der Waals surface area (Å²) in [6.07, 6.45) is 5.42. The molecule has 0 unspecified atom stereocenters. The molecule has 1 aromatic carbocycles. The number of fused-ring (bicyclic) bond motifs is 1. The Morgan fingerprint density at radius 2 is 2.11 bits per heavy atom. The molecule has 4 nitrogen and oxygen atoms in total. The Labute approximate surface area is 113 Å². The Hall–Kier alpha value is -1.97. The molecule has 102 valence electrons. The van der Waals surface area contributed by atoms with Gasteiger partial charge in [0.1, 0.15) is 13.2 Å². The topological polar surface area (TPSA) is 47.6 Å². The molecule has 0 saturated carbocycles. The lowest BCUT2D eigenvalue weighted by Crippen LogP contribution is -2.22. The van der Waals surface area contributed by atoms with E-state index in [9.17, 15) is 4.79 Å². The number of amides is 1. The first-order valence-electron chi connectivity index (χ1n) is 6.62. The minimum Gasteiger partial charge on any atom is -0.486 e. The Bertz CT molecular complexity index is 468. The summed E-state index contributed by atoms with van der Waals surface area (Å²) in [5.74, 6) is 1.69. The van der Waals surface area contributed by atoms with Gasteiger partial charge in [0.05, 0.1) is 0 Å². The van der Waals surface area contributed by atoms with E-state index in [0.29, 0.717) is 26.2 Å². The lowest BCUT2D eigenvalue weighted by molar-refractivity contribution is -0.120. The van der Waals surface area contributed by atoms with E-state index in [1.54, 1.807) is 0 Å². The van der Waals surface area contributed by atoms with Gasteiger partial charge in [-0.05, 0) is 24.1 Å². The summed E-state index contributed by atoms with van der Waals surface area (Å²) in [5.41, 5.74) is 1.08. The van der Waals surface area contributed by atoms with Crippen LogP contribution in [-0.2, 0) is 4.79 Å². The van der Waals surface area contributed by atoms with Crippen molar-refractivity contribution in [3.8, 4) is 11.5 Å². The van der Waals surface area contributed by atoms with E-state index < -0.39 is 0 Å². The van der Waals surface area contributed by atoms with Crippen LogP contribution < -0.4 is 14.8 Å². The molecule has 4 heteroatoms. The Morgan fingerprint density at radius 1 is 1.32 bits per heavy atom. The van der Waals surface area contributed by atoms with Gasteiger partial charge >= 0.3 is 0 Å².